The quantitative estimate of drug-likeness (QED) is 0.581. The maximum atomic E-state index is 12.0. The molecule has 0 aliphatic rings. The highest BCUT2D eigenvalue weighted by molar-refractivity contribution is 5.98. The fraction of sp³-hybridized carbons (Fsp3) is 0.250. The van der Waals surface area contributed by atoms with Crippen LogP contribution in [0.25, 0.3) is 0 Å². The minimum absolute atomic E-state index is 0.0138. The van der Waals surface area contributed by atoms with Gasteiger partial charge in [0.25, 0.3) is 0 Å². The van der Waals surface area contributed by atoms with E-state index in [1.54, 1.807) is 30.3 Å². The van der Waals surface area contributed by atoms with Gasteiger partial charge in [-0.2, -0.15) is 0 Å². The molecule has 26 heavy (non-hydrogen) atoms. The van der Waals surface area contributed by atoms with Crippen LogP contribution >= 0.6 is 0 Å². The van der Waals surface area contributed by atoms with Crippen molar-refractivity contribution in [3.05, 3.63) is 59.7 Å². The Hall–Kier alpha value is -3.15. The molecule has 0 heterocycles. The van der Waals surface area contributed by atoms with Crippen molar-refractivity contribution in [2.45, 2.75) is 19.8 Å². The van der Waals surface area contributed by atoms with Crippen LogP contribution in [0.3, 0.4) is 0 Å². The van der Waals surface area contributed by atoms with Crippen LogP contribution in [0.15, 0.2) is 48.5 Å². The molecule has 2 aromatic rings. The first kappa shape index (κ1) is 19.2. The molecule has 0 saturated carbocycles. The van der Waals surface area contributed by atoms with Gasteiger partial charge in [-0.15, -0.1) is 0 Å². The summed E-state index contributed by atoms with van der Waals surface area (Å²) in [5, 5.41) is 2.71. The van der Waals surface area contributed by atoms with E-state index in [0.29, 0.717) is 17.0 Å². The van der Waals surface area contributed by atoms with Crippen LogP contribution in [0.2, 0.25) is 0 Å². The average molecular weight is 355 g/mol. The predicted octanol–water partition coefficient (Wildman–Crippen LogP) is 3.15. The van der Waals surface area contributed by atoms with E-state index in [0.717, 1.165) is 5.56 Å². The van der Waals surface area contributed by atoms with Gasteiger partial charge in [0.1, 0.15) is 5.75 Å². The molecule has 0 unspecified atom stereocenters. The summed E-state index contributed by atoms with van der Waals surface area (Å²) in [7, 11) is 1.51. The Labute approximate surface area is 152 Å². The number of nitrogens with one attached hydrogen (secondary N) is 1. The van der Waals surface area contributed by atoms with E-state index in [1.165, 1.54) is 7.11 Å². The molecular weight excluding hydrogens is 334 g/mol. The predicted molar refractivity (Wildman–Crippen MR) is 97.3 cm³/mol. The normalized spacial score (nSPS) is 10.1. The number of hydrogen-bond donors (Lipinski definition) is 1. The van der Waals surface area contributed by atoms with Crippen molar-refractivity contribution >= 4 is 23.3 Å². The smallest absolute Gasteiger partial charge is 0.306 e. The number of ketones is 1. The van der Waals surface area contributed by atoms with Gasteiger partial charge in [0.2, 0.25) is 5.91 Å². The largest absolute Gasteiger partial charge is 0.497 e. The zero-order valence-electron chi connectivity index (χ0n) is 14.8. The fourth-order valence-electron chi connectivity index (χ4n) is 2.26. The highest BCUT2D eigenvalue weighted by Crippen LogP contribution is 2.13. The lowest BCUT2D eigenvalue weighted by molar-refractivity contribution is -0.143. The second kappa shape index (κ2) is 9.36. The van der Waals surface area contributed by atoms with Crippen LogP contribution in [0.1, 0.15) is 28.8 Å². The lowest BCUT2D eigenvalue weighted by atomic mass is 10.1. The Morgan fingerprint density at radius 3 is 2.50 bits per heavy atom. The summed E-state index contributed by atoms with van der Waals surface area (Å²) in [6, 6.07) is 14.0. The maximum Gasteiger partial charge on any atom is 0.306 e. The summed E-state index contributed by atoms with van der Waals surface area (Å²) in [6.07, 6.45) is -0.108. The molecule has 0 atom stereocenters. The Kier molecular flexibility index (Phi) is 6.91. The van der Waals surface area contributed by atoms with Crippen molar-refractivity contribution in [2.75, 3.05) is 19.0 Å². The number of carbonyl (C=O) groups excluding carboxylic acids is 3. The van der Waals surface area contributed by atoms with Crippen molar-refractivity contribution in [1.29, 1.82) is 0 Å². The van der Waals surface area contributed by atoms with E-state index < -0.39 is 5.97 Å². The fourth-order valence-corrected chi connectivity index (χ4v) is 2.26. The molecule has 0 aromatic heterocycles. The van der Waals surface area contributed by atoms with Crippen LogP contribution in [-0.4, -0.2) is 31.4 Å². The zero-order chi connectivity index (χ0) is 18.9. The molecule has 0 bridgehead atoms. The van der Waals surface area contributed by atoms with Crippen LogP contribution < -0.4 is 10.1 Å². The lowest BCUT2D eigenvalue weighted by Crippen LogP contribution is -2.17. The first-order valence-corrected chi connectivity index (χ1v) is 8.17. The average Bonchev–Trinajstić information content (AvgIpc) is 2.64. The number of amides is 1. The molecule has 136 valence electrons. The second-order valence-corrected chi connectivity index (χ2v) is 5.73. The number of esters is 1. The molecule has 0 saturated heterocycles. The number of rotatable bonds is 8. The highest BCUT2D eigenvalue weighted by atomic mass is 16.5. The summed E-state index contributed by atoms with van der Waals surface area (Å²) < 4.78 is 9.99. The number of carbonyl (C=O) groups is 3. The first-order valence-electron chi connectivity index (χ1n) is 8.17. The summed E-state index contributed by atoms with van der Waals surface area (Å²) >= 11 is 0. The van der Waals surface area contributed by atoms with E-state index in [2.05, 4.69) is 5.32 Å². The monoisotopic (exact) mass is 355 g/mol. The van der Waals surface area contributed by atoms with Gasteiger partial charge in [0, 0.05) is 17.7 Å². The number of ether oxygens (including phenoxy) is 2. The van der Waals surface area contributed by atoms with Crippen molar-refractivity contribution in [3.63, 3.8) is 0 Å². The molecule has 0 aliphatic heterocycles. The van der Waals surface area contributed by atoms with Gasteiger partial charge in [0.15, 0.2) is 12.4 Å². The summed E-state index contributed by atoms with van der Waals surface area (Å²) in [6.45, 7) is 1.55. The van der Waals surface area contributed by atoms with Crippen LogP contribution in [0.4, 0.5) is 5.69 Å². The Morgan fingerprint density at radius 2 is 1.77 bits per heavy atom. The molecule has 0 radical (unpaired) electrons. The minimum atomic E-state index is -0.597. The van der Waals surface area contributed by atoms with Gasteiger partial charge in [-0.1, -0.05) is 24.3 Å². The number of benzene rings is 2. The van der Waals surface area contributed by atoms with Crippen molar-refractivity contribution < 1.29 is 23.9 Å². The van der Waals surface area contributed by atoms with Gasteiger partial charge in [-0.3, -0.25) is 14.4 Å². The van der Waals surface area contributed by atoms with Crippen molar-refractivity contribution in [2.24, 2.45) is 0 Å². The van der Waals surface area contributed by atoms with E-state index in [9.17, 15) is 14.4 Å². The summed E-state index contributed by atoms with van der Waals surface area (Å²) in [4.78, 5) is 35.6. The molecule has 6 heteroatoms. The van der Waals surface area contributed by atoms with Crippen molar-refractivity contribution in [1.82, 2.24) is 0 Å². The van der Waals surface area contributed by atoms with Crippen LogP contribution in [0.5, 0.6) is 5.75 Å². The molecule has 0 fully saturated rings. The highest BCUT2D eigenvalue weighted by Gasteiger charge is 2.12. The Balaban J connectivity index is 1.74. The Morgan fingerprint density at radius 1 is 1.00 bits per heavy atom. The number of Topliss-reactive ketones (excluding diaryl/α,β-unsaturated/α-hetero) is 1. The van der Waals surface area contributed by atoms with Crippen molar-refractivity contribution in [3.8, 4) is 5.75 Å². The first-order chi connectivity index (χ1) is 12.5. The molecule has 0 aliphatic carbocycles. The zero-order valence-corrected chi connectivity index (χ0v) is 14.8. The third-order valence-electron chi connectivity index (χ3n) is 3.61. The van der Waals surface area contributed by atoms with Gasteiger partial charge >= 0.3 is 5.97 Å². The van der Waals surface area contributed by atoms with Gasteiger partial charge < -0.3 is 14.8 Å². The van der Waals surface area contributed by atoms with E-state index in [4.69, 9.17) is 9.47 Å². The molecule has 1 amide bonds. The van der Waals surface area contributed by atoms with Gasteiger partial charge in [0.05, 0.1) is 13.5 Å². The van der Waals surface area contributed by atoms with Crippen LogP contribution in [0, 0.1) is 6.92 Å². The summed E-state index contributed by atoms with van der Waals surface area (Å²) in [5.41, 5.74) is 2.10. The third kappa shape index (κ3) is 6.05. The Bertz CT molecular complexity index is 800. The SMILES string of the molecule is COc1cccc(C(=O)COC(=O)CCC(=O)Nc2cccc(C)c2)c1. The lowest BCUT2D eigenvalue weighted by Gasteiger charge is -2.07. The maximum absolute atomic E-state index is 12.0. The molecule has 2 rings (SSSR count). The minimum Gasteiger partial charge on any atom is -0.497 e. The van der Waals surface area contributed by atoms with Crippen LogP contribution in [-0.2, 0) is 14.3 Å². The molecule has 2 aromatic carbocycles. The molecule has 0 spiro atoms. The molecule has 1 N–H and O–H groups in total. The summed E-state index contributed by atoms with van der Waals surface area (Å²) in [5.74, 6) is -0.663. The number of anilines is 1. The second-order valence-electron chi connectivity index (χ2n) is 5.73. The van der Waals surface area contributed by atoms with Gasteiger partial charge in [-0.25, -0.2) is 0 Å². The molecule has 6 nitrogen and oxygen atoms in total. The van der Waals surface area contributed by atoms with E-state index in [1.807, 2.05) is 25.1 Å². The standard InChI is InChI=1S/C20H21NO5/c1-14-5-3-7-16(11-14)21-19(23)9-10-20(24)26-13-18(22)15-6-4-8-17(12-15)25-2/h3-8,11-12H,9-10,13H2,1-2H3,(H,21,23). The number of hydrogen-bond acceptors (Lipinski definition) is 5. The molecular formula is C20H21NO5. The number of methoxy groups -OCH3 is 1. The van der Waals surface area contributed by atoms with E-state index in [-0.39, 0.29) is 31.1 Å². The third-order valence-corrected chi connectivity index (χ3v) is 3.61. The topological polar surface area (TPSA) is 81.7 Å². The number of aryl methyl sites for hydroxylation is 1. The van der Waals surface area contributed by atoms with E-state index >= 15 is 0 Å². The van der Waals surface area contributed by atoms with Gasteiger partial charge in [-0.05, 0) is 36.8 Å².